The number of ether oxygens (including phenoxy) is 4. The van der Waals surface area contributed by atoms with Crippen LogP contribution in [0.15, 0.2) is 48.5 Å². The molecular weight excluding hydrogens is 772 g/mol. The van der Waals surface area contributed by atoms with Crippen LogP contribution in [0.25, 0.3) is 0 Å². The second-order valence-corrected chi connectivity index (χ2v) is 12.3. The molecule has 0 amide bonds. The Morgan fingerprint density at radius 3 is 0.930 bits per heavy atom. The third kappa shape index (κ3) is 7.89. The van der Waals surface area contributed by atoms with Gasteiger partial charge in [-0.2, -0.15) is 0 Å². The molecule has 0 unspecified atom stereocenters. The Bertz CT molecular complexity index is 2160. The summed E-state index contributed by atoms with van der Waals surface area (Å²) in [6.45, 7) is 0. The zero-order valence-corrected chi connectivity index (χ0v) is 28.3. The molecule has 22 nitrogen and oxygen atoms in total. The smallest absolute Gasteiger partial charge is 0.348 e. The third-order valence-corrected chi connectivity index (χ3v) is 8.45. The molecule has 22 heteroatoms. The van der Waals surface area contributed by atoms with Crippen LogP contribution in [-0.2, 0) is 23.7 Å². The number of carboxylic acids is 1. The Morgan fingerprint density at radius 2 is 0.667 bits per heavy atom. The number of phenols is 12. The highest BCUT2D eigenvalue weighted by Crippen LogP contribution is 2.43. The van der Waals surface area contributed by atoms with Crippen LogP contribution in [0, 0.1) is 0 Å². The van der Waals surface area contributed by atoms with E-state index in [-0.39, 0.29) is 0 Å². The van der Waals surface area contributed by atoms with E-state index in [0.717, 1.165) is 0 Å². The number of aromatic hydroxyl groups is 12. The van der Waals surface area contributed by atoms with E-state index in [0.29, 0.717) is 48.5 Å². The molecule has 0 aromatic heterocycles. The molecule has 4 aromatic rings. The largest absolute Gasteiger partial charge is 0.504 e. The second-order valence-electron chi connectivity index (χ2n) is 12.3. The minimum Gasteiger partial charge on any atom is -0.504 e. The van der Waals surface area contributed by atoms with Crippen LogP contribution >= 0.6 is 0 Å². The van der Waals surface area contributed by atoms with E-state index in [2.05, 4.69) is 0 Å². The Labute approximate surface area is 315 Å². The lowest BCUT2D eigenvalue weighted by atomic mass is 9.78. The minimum absolute atomic E-state index is 0.561. The number of carbonyl (C=O) groups excluding carboxylic acids is 4. The van der Waals surface area contributed by atoms with Gasteiger partial charge < -0.3 is 85.3 Å². The molecule has 300 valence electrons. The van der Waals surface area contributed by atoms with Crippen molar-refractivity contribution in [3.05, 3.63) is 70.8 Å². The van der Waals surface area contributed by atoms with Gasteiger partial charge in [0.1, 0.15) is 12.2 Å². The molecule has 1 fully saturated rings. The topological polar surface area (TPSA) is 385 Å². The lowest BCUT2D eigenvalue weighted by Gasteiger charge is -2.44. The van der Waals surface area contributed by atoms with Crippen LogP contribution in [0.2, 0.25) is 0 Å². The average molecular weight is 801 g/mol. The number of benzene rings is 4. The van der Waals surface area contributed by atoms with Crippen LogP contribution < -0.4 is 0 Å². The van der Waals surface area contributed by atoms with Gasteiger partial charge in [-0.15, -0.1) is 0 Å². The molecule has 0 heterocycles. The van der Waals surface area contributed by atoms with Gasteiger partial charge in [-0.25, -0.2) is 24.0 Å². The first-order valence-corrected chi connectivity index (χ1v) is 15.7. The molecule has 0 saturated heterocycles. The third-order valence-electron chi connectivity index (χ3n) is 8.45. The summed E-state index contributed by atoms with van der Waals surface area (Å²) in [5.41, 5.74) is -5.96. The summed E-state index contributed by atoms with van der Waals surface area (Å²) in [7, 11) is 0. The highest BCUT2D eigenvalue weighted by molar-refractivity contribution is 5.95. The Hall–Kier alpha value is -8.17. The summed E-state index contributed by atoms with van der Waals surface area (Å²) >= 11 is 0. The van der Waals surface area contributed by atoms with Gasteiger partial charge in [0.25, 0.3) is 0 Å². The first-order valence-electron chi connectivity index (χ1n) is 15.7. The van der Waals surface area contributed by atoms with Crippen molar-refractivity contribution in [2.45, 2.75) is 36.8 Å². The van der Waals surface area contributed by atoms with Crippen molar-refractivity contribution < 1.29 is 109 Å². The van der Waals surface area contributed by atoms with Gasteiger partial charge >= 0.3 is 29.8 Å². The summed E-state index contributed by atoms with van der Waals surface area (Å²) in [5.74, 6) is -21.1. The van der Waals surface area contributed by atoms with E-state index in [1.54, 1.807) is 0 Å². The van der Waals surface area contributed by atoms with Crippen molar-refractivity contribution in [1.29, 1.82) is 0 Å². The van der Waals surface area contributed by atoms with Crippen LogP contribution in [0.3, 0.4) is 0 Å². The number of aliphatic carboxylic acids is 1. The number of carboxylic acid groups (broad SMARTS) is 1. The first-order chi connectivity index (χ1) is 26.6. The fourth-order valence-electron chi connectivity index (χ4n) is 5.60. The summed E-state index contributed by atoms with van der Waals surface area (Å²) in [6, 6.07) is 4.64. The fourth-order valence-corrected chi connectivity index (χ4v) is 5.60. The highest BCUT2D eigenvalue weighted by Gasteiger charge is 2.58. The summed E-state index contributed by atoms with van der Waals surface area (Å²) in [6.07, 6.45) is -9.11. The maximum Gasteiger partial charge on any atom is 0.348 e. The zero-order chi connectivity index (χ0) is 42.3. The van der Waals surface area contributed by atoms with Crippen LogP contribution in [0.1, 0.15) is 54.3 Å². The predicted octanol–water partition coefficient (Wildman–Crippen LogP) is 1.60. The monoisotopic (exact) mass is 800 g/mol. The van der Waals surface area contributed by atoms with Crippen molar-refractivity contribution >= 4 is 29.8 Å². The van der Waals surface area contributed by atoms with Crippen LogP contribution in [0.4, 0.5) is 0 Å². The van der Waals surface area contributed by atoms with Crippen molar-refractivity contribution in [3.63, 3.8) is 0 Å². The zero-order valence-electron chi connectivity index (χ0n) is 28.3. The van der Waals surface area contributed by atoms with E-state index in [1.807, 2.05) is 0 Å². The van der Waals surface area contributed by atoms with E-state index in [9.17, 15) is 90.4 Å². The molecule has 1 aliphatic rings. The molecule has 1 saturated carbocycles. The van der Waals surface area contributed by atoms with Crippen molar-refractivity contribution in [2.75, 3.05) is 0 Å². The molecule has 0 bridgehead atoms. The molecule has 0 radical (unpaired) electrons. The predicted molar refractivity (Wildman–Crippen MR) is 178 cm³/mol. The number of hydrogen-bond acceptors (Lipinski definition) is 21. The quantitative estimate of drug-likeness (QED) is 0.0649. The molecule has 13 N–H and O–H groups in total. The molecule has 1 aliphatic carbocycles. The lowest BCUT2D eigenvalue weighted by Crippen LogP contribution is -2.60. The van der Waals surface area contributed by atoms with Crippen LogP contribution in [-0.4, -0.2) is 120 Å². The number of phenolic OH excluding ortho intramolecular Hbond substituents is 12. The fraction of sp³-hybridized carbons (Fsp3) is 0.171. The molecule has 0 spiro atoms. The molecule has 4 aromatic carbocycles. The van der Waals surface area contributed by atoms with Gasteiger partial charge in [0, 0.05) is 12.8 Å². The molecule has 0 aliphatic heterocycles. The maximum absolute atomic E-state index is 13.5. The standard InChI is InChI=1S/C35H28O22/c36-15-1-11(2-16(37)25(15)44)30(48)54-23-9-35(34(52)53,57-33(51)14-7-21(42)28(47)22(43)8-14)10-24(55-31(49)12-3-17(38)26(45)18(39)4-12)29(23)56-32(50)13-5-19(40)27(46)20(41)6-13/h1-8,23-24,29,36-47H,9-10H2,(H,52,53)/t23-,24-,29?,35?/m0/s1. The van der Waals surface area contributed by atoms with Crippen molar-refractivity contribution in [1.82, 2.24) is 0 Å². The summed E-state index contributed by atoms with van der Waals surface area (Å²) in [4.78, 5) is 66.8. The Balaban J connectivity index is 1.65. The van der Waals surface area contributed by atoms with Crippen molar-refractivity contribution in [3.8, 4) is 69.0 Å². The van der Waals surface area contributed by atoms with E-state index < -0.39 is 158 Å². The average Bonchev–Trinajstić information content (AvgIpc) is 3.14. The van der Waals surface area contributed by atoms with Gasteiger partial charge in [-0.1, -0.05) is 0 Å². The van der Waals surface area contributed by atoms with Gasteiger partial charge in [-0.3, -0.25) is 0 Å². The van der Waals surface area contributed by atoms with E-state index in [1.165, 1.54) is 0 Å². The Kier molecular flexibility index (Phi) is 10.5. The highest BCUT2D eigenvalue weighted by atomic mass is 16.6. The molecule has 5 rings (SSSR count). The molecule has 57 heavy (non-hydrogen) atoms. The summed E-state index contributed by atoms with van der Waals surface area (Å²) in [5, 5.41) is 129. The van der Waals surface area contributed by atoms with Crippen LogP contribution in [0.5, 0.6) is 69.0 Å². The SMILES string of the molecule is O=C(OC1[C@@H](OC(=O)c2cc(O)c(O)c(O)c2)CC(OC(=O)c2cc(O)c(O)c(O)c2)(C(=O)O)C[C@@H]1OC(=O)c1cc(O)c(O)c(O)c1)c1cc(O)c(O)c(O)c1. The number of rotatable bonds is 9. The van der Waals surface area contributed by atoms with Crippen molar-refractivity contribution in [2.24, 2.45) is 0 Å². The van der Waals surface area contributed by atoms with Gasteiger partial charge in [-0.05, 0) is 48.5 Å². The maximum atomic E-state index is 13.5. The van der Waals surface area contributed by atoms with Gasteiger partial charge in [0.2, 0.25) is 5.60 Å². The lowest BCUT2D eigenvalue weighted by molar-refractivity contribution is -0.189. The van der Waals surface area contributed by atoms with Gasteiger partial charge in [0.05, 0.1) is 22.3 Å². The van der Waals surface area contributed by atoms with E-state index in [4.69, 9.17) is 18.9 Å². The summed E-state index contributed by atoms with van der Waals surface area (Å²) < 4.78 is 21.6. The molecular formula is C35H28O22. The normalized spacial score (nSPS) is 18.8. The number of hydrogen-bond donors (Lipinski definition) is 13. The van der Waals surface area contributed by atoms with Gasteiger partial charge in [0.15, 0.2) is 75.1 Å². The Morgan fingerprint density at radius 1 is 0.421 bits per heavy atom. The number of esters is 4. The minimum atomic E-state index is -3.01. The second kappa shape index (κ2) is 14.9. The first kappa shape index (κ1) is 40.0. The molecule has 2 atom stereocenters. The van der Waals surface area contributed by atoms with E-state index >= 15 is 0 Å². The number of carbonyl (C=O) groups is 5.